The van der Waals surface area contributed by atoms with Crippen molar-refractivity contribution in [2.45, 2.75) is 26.7 Å². The fourth-order valence-corrected chi connectivity index (χ4v) is 4.73. The van der Waals surface area contributed by atoms with Crippen LogP contribution >= 0.6 is 0 Å². The second-order valence-corrected chi connectivity index (χ2v) is 9.24. The number of carbonyl (C=O) groups excluding carboxylic acids is 1. The number of carbonyl (C=O) groups is 1. The van der Waals surface area contributed by atoms with Crippen molar-refractivity contribution in [3.05, 3.63) is 65.9 Å². The van der Waals surface area contributed by atoms with Crippen molar-refractivity contribution in [1.82, 2.24) is 14.6 Å². The van der Waals surface area contributed by atoms with Gasteiger partial charge in [0.2, 0.25) is 5.91 Å². The van der Waals surface area contributed by atoms with Gasteiger partial charge in [-0.05, 0) is 68.7 Å². The van der Waals surface area contributed by atoms with Gasteiger partial charge in [-0.15, -0.1) is 0 Å². The van der Waals surface area contributed by atoms with Crippen molar-refractivity contribution in [1.29, 1.82) is 0 Å². The zero-order valence-corrected chi connectivity index (χ0v) is 21.1. The summed E-state index contributed by atoms with van der Waals surface area (Å²) in [7, 11) is 3.27. The first-order valence-corrected chi connectivity index (χ1v) is 12.2. The second-order valence-electron chi connectivity index (χ2n) is 9.24. The summed E-state index contributed by atoms with van der Waals surface area (Å²) < 4.78 is 12.6. The molecule has 8 nitrogen and oxygen atoms in total. The maximum absolute atomic E-state index is 13.0. The number of benzene rings is 2. The maximum atomic E-state index is 13.0. The van der Waals surface area contributed by atoms with Gasteiger partial charge in [-0.25, -0.2) is 4.98 Å². The van der Waals surface area contributed by atoms with Crippen molar-refractivity contribution in [2.75, 3.05) is 37.5 Å². The third kappa shape index (κ3) is 4.71. The van der Waals surface area contributed by atoms with E-state index in [0.29, 0.717) is 5.75 Å². The van der Waals surface area contributed by atoms with Crippen LogP contribution in [0.2, 0.25) is 0 Å². The lowest BCUT2D eigenvalue weighted by Gasteiger charge is -2.33. The standard InChI is InChI=1S/C28H31N5O3/c1-18-5-10-25(36-4)24(15-18)30-28(34)21-11-13-32(14-12-21)27-16-19(2)29-26-17-23(31-33(26)27)20-6-8-22(35-3)9-7-20/h5-10,15-17,21H,11-14H2,1-4H3,(H,30,34). The highest BCUT2D eigenvalue weighted by Crippen LogP contribution is 2.30. The van der Waals surface area contributed by atoms with Gasteiger partial charge in [0.1, 0.15) is 17.3 Å². The summed E-state index contributed by atoms with van der Waals surface area (Å²) in [5.41, 5.74) is 5.41. The van der Waals surface area contributed by atoms with Gasteiger partial charge in [0.25, 0.3) is 0 Å². The minimum absolute atomic E-state index is 0.0375. The Morgan fingerprint density at radius 2 is 1.72 bits per heavy atom. The zero-order chi connectivity index (χ0) is 25.2. The fraction of sp³-hybridized carbons (Fsp3) is 0.321. The Morgan fingerprint density at radius 1 is 0.972 bits per heavy atom. The molecule has 1 amide bonds. The molecule has 1 aliphatic rings. The van der Waals surface area contributed by atoms with E-state index in [0.717, 1.165) is 71.3 Å². The largest absolute Gasteiger partial charge is 0.497 e. The summed E-state index contributed by atoms with van der Waals surface area (Å²) in [5.74, 6) is 2.46. The van der Waals surface area contributed by atoms with Gasteiger partial charge < -0.3 is 19.7 Å². The Morgan fingerprint density at radius 3 is 2.42 bits per heavy atom. The Balaban J connectivity index is 1.32. The van der Waals surface area contributed by atoms with E-state index >= 15 is 0 Å². The molecule has 0 spiro atoms. The van der Waals surface area contributed by atoms with Crippen molar-refractivity contribution in [3.63, 3.8) is 0 Å². The Bertz CT molecular complexity index is 1390. The highest BCUT2D eigenvalue weighted by Gasteiger charge is 2.27. The molecule has 3 heterocycles. The van der Waals surface area contributed by atoms with Crippen molar-refractivity contribution >= 4 is 23.1 Å². The molecule has 1 fully saturated rings. The topological polar surface area (TPSA) is 81.0 Å². The summed E-state index contributed by atoms with van der Waals surface area (Å²) in [4.78, 5) is 20.0. The van der Waals surface area contributed by atoms with Gasteiger partial charge >= 0.3 is 0 Å². The molecule has 1 saturated heterocycles. The molecule has 0 bridgehead atoms. The van der Waals surface area contributed by atoms with Crippen LogP contribution in [0.15, 0.2) is 54.6 Å². The number of aryl methyl sites for hydroxylation is 2. The fourth-order valence-electron chi connectivity index (χ4n) is 4.73. The molecule has 4 aromatic rings. The monoisotopic (exact) mass is 485 g/mol. The third-order valence-electron chi connectivity index (χ3n) is 6.72. The molecule has 0 radical (unpaired) electrons. The number of piperidine rings is 1. The summed E-state index contributed by atoms with van der Waals surface area (Å²) in [5, 5.41) is 7.95. The second kappa shape index (κ2) is 9.89. The quantitative estimate of drug-likeness (QED) is 0.419. The number of hydrogen-bond donors (Lipinski definition) is 1. The van der Waals surface area contributed by atoms with E-state index in [4.69, 9.17) is 19.6 Å². The average Bonchev–Trinajstić information content (AvgIpc) is 3.32. The van der Waals surface area contributed by atoms with Crippen molar-refractivity contribution in [3.8, 4) is 22.8 Å². The van der Waals surface area contributed by atoms with Crippen LogP contribution in [0.25, 0.3) is 16.9 Å². The number of hydrogen-bond acceptors (Lipinski definition) is 6. The van der Waals surface area contributed by atoms with Crippen molar-refractivity contribution < 1.29 is 14.3 Å². The molecule has 0 aliphatic carbocycles. The SMILES string of the molecule is COc1ccc(-c2cc3nc(C)cc(N4CCC(C(=O)Nc5cc(C)ccc5OC)CC4)n3n2)cc1. The first-order valence-electron chi connectivity index (χ1n) is 12.2. The molecule has 1 aliphatic heterocycles. The normalized spacial score (nSPS) is 14.2. The van der Waals surface area contributed by atoms with Crippen LogP contribution in [0.1, 0.15) is 24.1 Å². The summed E-state index contributed by atoms with van der Waals surface area (Å²) >= 11 is 0. The number of anilines is 2. The Labute approximate surface area is 210 Å². The molecule has 186 valence electrons. The molecule has 8 heteroatoms. The minimum Gasteiger partial charge on any atom is -0.497 e. The lowest BCUT2D eigenvalue weighted by Crippen LogP contribution is -2.39. The van der Waals surface area contributed by atoms with Gasteiger partial charge in [0.05, 0.1) is 25.6 Å². The molecule has 5 rings (SSSR count). The van der Waals surface area contributed by atoms with Crippen LogP contribution in [0.4, 0.5) is 11.5 Å². The smallest absolute Gasteiger partial charge is 0.227 e. The van der Waals surface area contributed by atoms with Gasteiger partial charge in [-0.1, -0.05) is 6.07 Å². The number of aromatic nitrogens is 3. The van der Waals surface area contributed by atoms with Gasteiger partial charge in [0.15, 0.2) is 5.65 Å². The van der Waals surface area contributed by atoms with E-state index in [2.05, 4.69) is 16.3 Å². The molecule has 0 saturated carbocycles. The number of nitrogens with zero attached hydrogens (tertiary/aromatic N) is 4. The molecule has 2 aromatic heterocycles. The maximum Gasteiger partial charge on any atom is 0.227 e. The molecule has 0 unspecified atom stereocenters. The number of rotatable bonds is 6. The van der Waals surface area contributed by atoms with E-state index < -0.39 is 0 Å². The average molecular weight is 486 g/mol. The van der Waals surface area contributed by atoms with Crippen molar-refractivity contribution in [2.24, 2.45) is 5.92 Å². The Kier molecular flexibility index (Phi) is 6.50. The molecule has 2 aromatic carbocycles. The Hall–Kier alpha value is -4.07. The van der Waals surface area contributed by atoms with E-state index in [1.165, 1.54) is 0 Å². The van der Waals surface area contributed by atoms with E-state index in [1.54, 1.807) is 14.2 Å². The number of nitrogens with one attached hydrogen (secondary N) is 1. The number of fused-ring (bicyclic) bond motifs is 1. The first kappa shape index (κ1) is 23.7. The lowest BCUT2D eigenvalue weighted by molar-refractivity contribution is -0.120. The number of amides is 1. The molecule has 1 N–H and O–H groups in total. The summed E-state index contributed by atoms with van der Waals surface area (Å²) in [6, 6.07) is 17.7. The van der Waals surface area contributed by atoms with E-state index in [1.807, 2.05) is 66.9 Å². The lowest BCUT2D eigenvalue weighted by atomic mass is 9.95. The van der Waals surface area contributed by atoms with Crippen LogP contribution in [0, 0.1) is 19.8 Å². The van der Waals surface area contributed by atoms with E-state index in [-0.39, 0.29) is 11.8 Å². The molecular formula is C28H31N5O3. The van der Waals surface area contributed by atoms with Gasteiger partial charge in [-0.3, -0.25) is 4.79 Å². The number of ether oxygens (including phenoxy) is 2. The minimum atomic E-state index is -0.0580. The number of methoxy groups -OCH3 is 2. The zero-order valence-electron chi connectivity index (χ0n) is 21.1. The van der Waals surface area contributed by atoms with Crippen LogP contribution in [-0.4, -0.2) is 47.8 Å². The van der Waals surface area contributed by atoms with Gasteiger partial charge in [-0.2, -0.15) is 9.61 Å². The summed E-state index contributed by atoms with van der Waals surface area (Å²) in [6.45, 7) is 5.53. The predicted octanol–water partition coefficient (Wildman–Crippen LogP) is 4.89. The van der Waals surface area contributed by atoms with Crippen LogP contribution in [0.3, 0.4) is 0 Å². The van der Waals surface area contributed by atoms with Crippen LogP contribution in [0.5, 0.6) is 11.5 Å². The highest BCUT2D eigenvalue weighted by atomic mass is 16.5. The van der Waals surface area contributed by atoms with E-state index in [9.17, 15) is 4.79 Å². The molecule has 36 heavy (non-hydrogen) atoms. The highest BCUT2D eigenvalue weighted by molar-refractivity contribution is 5.94. The van der Waals surface area contributed by atoms with Crippen LogP contribution in [-0.2, 0) is 4.79 Å². The van der Waals surface area contributed by atoms with Crippen LogP contribution < -0.4 is 19.7 Å². The third-order valence-corrected chi connectivity index (χ3v) is 6.72. The molecule has 0 atom stereocenters. The summed E-state index contributed by atoms with van der Waals surface area (Å²) in [6.07, 6.45) is 1.52. The molecular weight excluding hydrogens is 454 g/mol. The predicted molar refractivity (Wildman–Crippen MR) is 141 cm³/mol. The van der Waals surface area contributed by atoms with Gasteiger partial charge in [0, 0.05) is 42.4 Å². The first-order chi connectivity index (χ1) is 17.4.